The van der Waals surface area contributed by atoms with Crippen LogP contribution in [0.25, 0.3) is 0 Å². The number of alkyl halides is 1. The number of amides is 1. The van der Waals surface area contributed by atoms with Gasteiger partial charge in [-0.3, -0.25) is 10.1 Å². The number of nitrogens with one attached hydrogen (secondary N) is 1. The van der Waals surface area contributed by atoms with Gasteiger partial charge in [-0.2, -0.15) is 0 Å². The summed E-state index contributed by atoms with van der Waals surface area (Å²) in [7, 11) is 0. The van der Waals surface area contributed by atoms with E-state index in [4.69, 9.17) is 17.3 Å². The molecule has 4 nitrogen and oxygen atoms in total. The van der Waals surface area contributed by atoms with E-state index < -0.39 is 0 Å². The van der Waals surface area contributed by atoms with Crippen LogP contribution >= 0.6 is 11.6 Å². The van der Waals surface area contributed by atoms with Crippen LogP contribution in [0.4, 0.5) is 0 Å². The second-order valence-electron chi connectivity index (χ2n) is 11.3. The van der Waals surface area contributed by atoms with Crippen molar-refractivity contribution < 1.29 is 4.79 Å². The van der Waals surface area contributed by atoms with Gasteiger partial charge >= 0.3 is 0 Å². The molecule has 5 heteroatoms. The highest BCUT2D eigenvalue weighted by Gasteiger charge is 2.74. The van der Waals surface area contributed by atoms with Gasteiger partial charge in [0.1, 0.15) is 0 Å². The first-order valence-electron chi connectivity index (χ1n) is 12.4. The first kappa shape index (κ1) is 21.9. The van der Waals surface area contributed by atoms with E-state index in [2.05, 4.69) is 35.5 Å². The Morgan fingerprint density at radius 3 is 2.74 bits per heavy atom. The van der Waals surface area contributed by atoms with Crippen LogP contribution in [0.5, 0.6) is 0 Å². The van der Waals surface area contributed by atoms with Gasteiger partial charge in [0.15, 0.2) is 0 Å². The number of hydrogen-bond donors (Lipinski definition) is 2. The summed E-state index contributed by atoms with van der Waals surface area (Å²) in [6, 6.07) is 0.441. The molecule has 0 aliphatic heterocycles. The largest absolute Gasteiger partial charge is 0.330 e. The van der Waals surface area contributed by atoms with Crippen molar-refractivity contribution in [1.29, 1.82) is 0 Å². The van der Waals surface area contributed by atoms with E-state index in [1.54, 1.807) is 0 Å². The van der Waals surface area contributed by atoms with Crippen molar-refractivity contribution in [2.24, 2.45) is 45.2 Å². The minimum Gasteiger partial charge on any atom is -0.330 e. The smallest absolute Gasteiger partial charge is 0.251 e. The average Bonchev–Trinajstić information content (AvgIpc) is 3.15. The van der Waals surface area contributed by atoms with Crippen molar-refractivity contribution in [2.45, 2.75) is 76.7 Å². The van der Waals surface area contributed by atoms with E-state index in [-0.39, 0.29) is 22.3 Å². The zero-order valence-electron chi connectivity index (χ0n) is 18.9. The number of allylic oxidation sites excluding steroid dienone is 4. The van der Waals surface area contributed by atoms with Crippen molar-refractivity contribution in [2.75, 3.05) is 12.5 Å². The molecule has 0 aromatic carbocycles. The predicted octanol–water partition coefficient (Wildman–Crippen LogP) is 4.98. The molecule has 0 saturated heterocycles. The zero-order chi connectivity index (χ0) is 21.7. The van der Waals surface area contributed by atoms with Crippen LogP contribution in [0.3, 0.4) is 0 Å². The van der Waals surface area contributed by atoms with Crippen LogP contribution in [-0.4, -0.2) is 30.2 Å². The number of nitrogens with two attached hydrogens (primary N) is 1. The highest BCUT2D eigenvalue weighted by atomic mass is 35.5. The maximum Gasteiger partial charge on any atom is 0.251 e. The van der Waals surface area contributed by atoms with Crippen molar-refractivity contribution >= 4 is 23.7 Å². The van der Waals surface area contributed by atoms with Crippen LogP contribution < -0.4 is 11.1 Å². The van der Waals surface area contributed by atoms with Gasteiger partial charge in [0, 0.05) is 11.8 Å². The molecule has 170 valence electrons. The van der Waals surface area contributed by atoms with Crippen molar-refractivity contribution in [3.05, 3.63) is 23.8 Å². The van der Waals surface area contributed by atoms with Crippen molar-refractivity contribution in [3.63, 3.8) is 0 Å². The van der Waals surface area contributed by atoms with E-state index in [9.17, 15) is 4.79 Å². The summed E-state index contributed by atoms with van der Waals surface area (Å²) in [6.07, 6.45) is 20.1. The molecule has 4 bridgehead atoms. The summed E-state index contributed by atoms with van der Waals surface area (Å²) in [5.41, 5.74) is 7.09. The molecule has 5 fully saturated rings. The van der Waals surface area contributed by atoms with Gasteiger partial charge in [0.25, 0.3) is 5.91 Å². The first-order valence-corrected chi connectivity index (χ1v) is 13.0. The molecule has 6 aliphatic carbocycles. The normalized spacial score (nSPS) is 46.1. The third kappa shape index (κ3) is 3.40. The molecule has 5 atom stereocenters. The fourth-order valence-corrected chi connectivity index (χ4v) is 8.46. The number of hydrogen-bond acceptors (Lipinski definition) is 3. The van der Waals surface area contributed by atoms with Crippen LogP contribution in [0.1, 0.15) is 71.1 Å². The van der Waals surface area contributed by atoms with Crippen molar-refractivity contribution in [3.8, 4) is 0 Å². The molecule has 6 rings (SSSR count). The number of carbonyl (C=O) groups excluding carboxylic acids is 1. The Bertz CT molecular complexity index is 813. The Hall–Kier alpha value is -0.970. The molecular weight excluding hydrogens is 406 g/mol. The van der Waals surface area contributed by atoms with Crippen LogP contribution in [0, 0.1) is 34.5 Å². The maximum atomic E-state index is 13.8. The molecule has 5 unspecified atom stereocenters. The predicted molar refractivity (Wildman–Crippen MR) is 127 cm³/mol. The molecule has 6 aliphatic rings. The first-order chi connectivity index (χ1) is 15.0. The Balaban J connectivity index is 1.40. The van der Waals surface area contributed by atoms with Gasteiger partial charge in [0.2, 0.25) is 0 Å². The molecular formula is C26H38ClN3O. The van der Waals surface area contributed by atoms with E-state index in [0.29, 0.717) is 29.7 Å². The minimum atomic E-state index is -0.326. The van der Waals surface area contributed by atoms with E-state index in [1.165, 1.54) is 24.8 Å². The second kappa shape index (κ2) is 8.11. The highest BCUT2D eigenvalue weighted by molar-refractivity contribution is 6.17. The van der Waals surface area contributed by atoms with Crippen LogP contribution in [0.2, 0.25) is 0 Å². The molecule has 1 amide bonds. The molecule has 5 saturated carbocycles. The second-order valence-corrected chi connectivity index (χ2v) is 11.6. The highest BCUT2D eigenvalue weighted by Crippen LogP contribution is 2.75. The fraction of sp³-hybridized carbons (Fsp3) is 0.769. The maximum absolute atomic E-state index is 13.8. The lowest BCUT2D eigenvalue weighted by Crippen LogP contribution is -2.54. The lowest BCUT2D eigenvalue weighted by Gasteiger charge is -2.48. The quantitative estimate of drug-likeness (QED) is 0.345. The van der Waals surface area contributed by atoms with Gasteiger partial charge < -0.3 is 5.73 Å². The summed E-state index contributed by atoms with van der Waals surface area (Å²) in [6.45, 7) is 3.10. The van der Waals surface area contributed by atoms with Gasteiger partial charge in [-0.25, -0.2) is 4.99 Å². The summed E-state index contributed by atoms with van der Waals surface area (Å²) in [4.78, 5) is 18.5. The van der Waals surface area contributed by atoms with Gasteiger partial charge in [0.05, 0.1) is 11.4 Å². The average molecular weight is 444 g/mol. The summed E-state index contributed by atoms with van der Waals surface area (Å²) in [5, 5.41) is 3.61. The molecule has 0 heterocycles. The van der Waals surface area contributed by atoms with E-state index in [1.807, 2.05) is 6.21 Å². The van der Waals surface area contributed by atoms with Gasteiger partial charge in [-0.1, -0.05) is 18.2 Å². The number of aliphatic imine (C=N–C) groups is 1. The summed E-state index contributed by atoms with van der Waals surface area (Å²) < 4.78 is 0. The summed E-state index contributed by atoms with van der Waals surface area (Å²) >= 11 is 6.18. The van der Waals surface area contributed by atoms with Gasteiger partial charge in [-0.05, 0) is 112 Å². The molecule has 0 spiro atoms. The zero-order valence-corrected chi connectivity index (χ0v) is 19.7. The van der Waals surface area contributed by atoms with E-state index in [0.717, 1.165) is 51.5 Å². The molecule has 3 N–H and O–H groups in total. The molecule has 0 aromatic rings. The number of halogens is 1. The lowest BCUT2D eigenvalue weighted by molar-refractivity contribution is -0.129. The third-order valence-corrected chi connectivity index (χ3v) is 9.98. The summed E-state index contributed by atoms with van der Waals surface area (Å²) in [5.74, 6) is 2.02. The third-order valence-electron chi connectivity index (χ3n) is 9.84. The van der Waals surface area contributed by atoms with E-state index >= 15 is 0 Å². The molecule has 0 radical (unpaired) electrons. The Morgan fingerprint density at radius 1 is 1.26 bits per heavy atom. The Morgan fingerprint density at radius 2 is 2.06 bits per heavy atom. The minimum absolute atomic E-state index is 0.0644. The fourth-order valence-electron chi connectivity index (χ4n) is 8.18. The topological polar surface area (TPSA) is 67.5 Å². The Kier molecular flexibility index (Phi) is 5.72. The standard InChI is InChI=1S/C26H38ClN3O/c1-24(30-17-27)21-11-25(20-5-3-2-4-6-20)13-22(24)26(12-21,16-25)23(31)29-15-19-9-7-18(14-28)8-10-19/h3,5-6,15,18-19,21-22,30H,2,4,7-14,16-17,28H2,1H3. The Labute approximate surface area is 192 Å². The van der Waals surface area contributed by atoms with Gasteiger partial charge in [-0.15, -0.1) is 11.6 Å². The number of rotatable bonds is 6. The number of carbonyl (C=O) groups is 1. The van der Waals surface area contributed by atoms with Crippen molar-refractivity contribution in [1.82, 2.24) is 5.32 Å². The monoisotopic (exact) mass is 443 g/mol. The SMILES string of the molecule is CC1(NCCl)C2CC3(C4=CCCC=C4)CC1C(C(=O)N=CC1CCC(CN)CC1)(C2)C3. The van der Waals surface area contributed by atoms with Crippen LogP contribution in [0.15, 0.2) is 28.8 Å². The molecule has 31 heavy (non-hydrogen) atoms. The molecule has 0 aromatic heterocycles. The van der Waals surface area contributed by atoms with Crippen LogP contribution in [-0.2, 0) is 4.79 Å². The number of nitrogens with zero attached hydrogens (tertiary/aromatic N) is 1. The lowest BCUT2D eigenvalue weighted by atomic mass is 9.59.